The Labute approximate surface area is 238 Å². The van der Waals surface area contributed by atoms with E-state index in [4.69, 9.17) is 21.7 Å². The van der Waals surface area contributed by atoms with Gasteiger partial charge in [0.15, 0.2) is 0 Å². The second-order valence-corrected chi connectivity index (χ2v) is 10.5. The van der Waals surface area contributed by atoms with Gasteiger partial charge in [-0.3, -0.25) is 14.5 Å². The van der Waals surface area contributed by atoms with E-state index in [0.29, 0.717) is 52.0 Å². The van der Waals surface area contributed by atoms with Gasteiger partial charge in [0.2, 0.25) is 5.91 Å². The number of nitrogens with one attached hydrogen (secondary N) is 1. The van der Waals surface area contributed by atoms with Gasteiger partial charge in [0, 0.05) is 18.7 Å². The number of nitrogens with zero attached hydrogens (tertiary/aromatic N) is 1. The van der Waals surface area contributed by atoms with Crippen LogP contribution in [0.5, 0.6) is 0 Å². The Hall–Kier alpha value is -3.50. The van der Waals surface area contributed by atoms with Crippen LogP contribution in [0.25, 0.3) is 6.08 Å². The molecule has 3 rings (SSSR count). The highest BCUT2D eigenvalue weighted by Crippen LogP contribution is 2.32. The smallest absolute Gasteiger partial charge is 0.338 e. The molecule has 0 aliphatic carbocycles. The van der Waals surface area contributed by atoms with Crippen molar-refractivity contribution in [2.75, 3.05) is 25.6 Å². The SMILES string of the molecule is CCCCOC(=O)c1ccc(NC(=O)CCCCCN2C(=O)/C(=C/c3ccc(C(=O)OC)cc3)SC2=S)cc1. The van der Waals surface area contributed by atoms with Gasteiger partial charge in [0.25, 0.3) is 5.91 Å². The van der Waals surface area contributed by atoms with Gasteiger partial charge >= 0.3 is 11.9 Å². The number of rotatable bonds is 13. The minimum Gasteiger partial charge on any atom is -0.465 e. The molecular formula is C29H32N2O6S2. The predicted octanol–water partition coefficient (Wildman–Crippen LogP) is 5.83. The second-order valence-electron chi connectivity index (χ2n) is 8.87. The molecule has 2 aromatic rings. The van der Waals surface area contributed by atoms with Crippen LogP contribution in [0.4, 0.5) is 5.69 Å². The molecule has 0 unspecified atom stereocenters. The van der Waals surface area contributed by atoms with Crippen molar-refractivity contribution in [3.63, 3.8) is 0 Å². The standard InChI is InChI=1S/C29H32N2O6S2/c1-3-4-18-37-28(35)22-13-15-23(16-14-22)30-25(32)8-6-5-7-17-31-26(33)24(39-29(31)38)19-20-9-11-21(12-10-20)27(34)36-2/h9-16,19H,3-8,17-18H2,1-2H3,(H,30,32)/b24-19-. The first-order valence-electron chi connectivity index (χ1n) is 12.8. The zero-order chi connectivity index (χ0) is 28.2. The third-order valence-corrected chi connectivity index (χ3v) is 7.30. The summed E-state index contributed by atoms with van der Waals surface area (Å²) in [6.07, 6.45) is 6.04. The van der Waals surface area contributed by atoms with Gasteiger partial charge in [-0.25, -0.2) is 9.59 Å². The van der Waals surface area contributed by atoms with Gasteiger partial charge in [-0.15, -0.1) is 0 Å². The maximum atomic E-state index is 12.8. The van der Waals surface area contributed by atoms with Crippen molar-refractivity contribution in [2.45, 2.75) is 45.4 Å². The highest BCUT2D eigenvalue weighted by Gasteiger charge is 2.31. The van der Waals surface area contributed by atoms with Crippen LogP contribution < -0.4 is 5.32 Å². The molecular weight excluding hydrogens is 536 g/mol. The fraction of sp³-hybridized carbons (Fsp3) is 0.345. The van der Waals surface area contributed by atoms with Crippen LogP contribution in [0.1, 0.15) is 71.7 Å². The van der Waals surface area contributed by atoms with E-state index in [1.807, 2.05) is 6.92 Å². The fourth-order valence-corrected chi connectivity index (χ4v) is 5.02. The van der Waals surface area contributed by atoms with E-state index in [1.54, 1.807) is 59.5 Å². The van der Waals surface area contributed by atoms with Gasteiger partial charge in [0.1, 0.15) is 4.32 Å². The summed E-state index contributed by atoms with van der Waals surface area (Å²) in [5.74, 6) is -1.04. The average molecular weight is 569 g/mol. The molecule has 1 fully saturated rings. The topological polar surface area (TPSA) is 102 Å². The van der Waals surface area contributed by atoms with Crippen molar-refractivity contribution in [1.29, 1.82) is 0 Å². The zero-order valence-corrected chi connectivity index (χ0v) is 23.7. The van der Waals surface area contributed by atoms with Crippen LogP contribution in [-0.2, 0) is 19.1 Å². The Morgan fingerprint density at radius 1 is 0.949 bits per heavy atom. The van der Waals surface area contributed by atoms with Crippen LogP contribution >= 0.6 is 24.0 Å². The summed E-state index contributed by atoms with van der Waals surface area (Å²) in [5, 5.41) is 2.84. The number of unbranched alkanes of at least 4 members (excludes halogenated alkanes) is 3. The van der Waals surface area contributed by atoms with Gasteiger partial charge in [-0.05, 0) is 67.3 Å². The molecule has 0 aromatic heterocycles. The van der Waals surface area contributed by atoms with E-state index < -0.39 is 5.97 Å². The van der Waals surface area contributed by atoms with Crippen LogP contribution in [0.15, 0.2) is 53.4 Å². The summed E-state index contributed by atoms with van der Waals surface area (Å²) in [5.41, 5.74) is 2.30. The molecule has 0 saturated carbocycles. The van der Waals surface area contributed by atoms with Crippen LogP contribution in [-0.4, -0.2) is 53.2 Å². The van der Waals surface area contributed by atoms with E-state index >= 15 is 0 Å². The normalized spacial score (nSPS) is 14.0. The first-order valence-corrected chi connectivity index (χ1v) is 14.1. The molecule has 1 N–H and O–H groups in total. The third kappa shape index (κ3) is 9.04. The van der Waals surface area contributed by atoms with Crippen molar-refractivity contribution in [2.24, 2.45) is 0 Å². The van der Waals surface area contributed by atoms with E-state index in [0.717, 1.165) is 31.2 Å². The molecule has 1 heterocycles. The molecule has 206 valence electrons. The molecule has 0 radical (unpaired) electrons. The van der Waals surface area contributed by atoms with Crippen molar-refractivity contribution in [3.8, 4) is 0 Å². The van der Waals surface area contributed by atoms with Gasteiger partial charge in [-0.2, -0.15) is 0 Å². The average Bonchev–Trinajstić information content (AvgIpc) is 3.20. The number of benzene rings is 2. The van der Waals surface area contributed by atoms with Crippen molar-refractivity contribution < 1.29 is 28.7 Å². The number of anilines is 1. The number of hydrogen-bond acceptors (Lipinski definition) is 8. The maximum absolute atomic E-state index is 12.8. The number of hydrogen-bond donors (Lipinski definition) is 1. The Bertz CT molecular complexity index is 1230. The van der Waals surface area contributed by atoms with E-state index in [2.05, 4.69) is 5.32 Å². The quantitative estimate of drug-likeness (QED) is 0.139. The Balaban J connectivity index is 1.38. The summed E-state index contributed by atoms with van der Waals surface area (Å²) in [4.78, 5) is 50.8. The molecule has 10 heteroatoms. The number of carbonyl (C=O) groups excluding carboxylic acids is 4. The Morgan fingerprint density at radius 2 is 1.62 bits per heavy atom. The zero-order valence-electron chi connectivity index (χ0n) is 22.1. The number of methoxy groups -OCH3 is 1. The van der Waals surface area contributed by atoms with Gasteiger partial charge < -0.3 is 14.8 Å². The molecule has 2 amide bonds. The lowest BCUT2D eigenvalue weighted by molar-refractivity contribution is -0.122. The molecule has 0 bridgehead atoms. The van der Waals surface area contributed by atoms with Crippen molar-refractivity contribution in [3.05, 3.63) is 70.1 Å². The van der Waals surface area contributed by atoms with Gasteiger partial charge in [-0.1, -0.05) is 55.9 Å². The molecule has 2 aromatic carbocycles. The lowest BCUT2D eigenvalue weighted by Gasteiger charge is -2.14. The molecule has 1 aliphatic rings. The van der Waals surface area contributed by atoms with E-state index in [1.165, 1.54) is 18.9 Å². The summed E-state index contributed by atoms with van der Waals surface area (Å²) in [6.45, 7) is 2.91. The monoisotopic (exact) mass is 568 g/mol. The summed E-state index contributed by atoms with van der Waals surface area (Å²) in [7, 11) is 1.33. The predicted molar refractivity (Wildman–Crippen MR) is 156 cm³/mol. The summed E-state index contributed by atoms with van der Waals surface area (Å²) >= 11 is 6.65. The maximum Gasteiger partial charge on any atom is 0.338 e. The lowest BCUT2D eigenvalue weighted by atomic mass is 10.1. The molecule has 1 saturated heterocycles. The highest BCUT2D eigenvalue weighted by molar-refractivity contribution is 8.26. The van der Waals surface area contributed by atoms with E-state index in [9.17, 15) is 19.2 Å². The molecule has 0 atom stereocenters. The fourth-order valence-electron chi connectivity index (χ4n) is 3.72. The first-order chi connectivity index (χ1) is 18.8. The second kappa shape index (κ2) is 15.2. The Kier molecular flexibility index (Phi) is 11.7. The summed E-state index contributed by atoms with van der Waals surface area (Å²) < 4.78 is 10.4. The Morgan fingerprint density at radius 3 is 2.28 bits per heavy atom. The molecule has 8 nitrogen and oxygen atoms in total. The van der Waals surface area contributed by atoms with Crippen LogP contribution in [0.3, 0.4) is 0 Å². The molecule has 39 heavy (non-hydrogen) atoms. The molecule has 1 aliphatic heterocycles. The number of esters is 2. The van der Waals surface area contributed by atoms with Crippen molar-refractivity contribution >= 4 is 63.8 Å². The number of carbonyl (C=O) groups is 4. The number of thioether (sulfide) groups is 1. The lowest BCUT2D eigenvalue weighted by Crippen LogP contribution is -2.29. The number of ether oxygens (including phenoxy) is 2. The molecule has 0 spiro atoms. The largest absolute Gasteiger partial charge is 0.465 e. The van der Waals surface area contributed by atoms with Crippen LogP contribution in [0.2, 0.25) is 0 Å². The number of thiocarbonyl (C=S) groups is 1. The highest BCUT2D eigenvalue weighted by atomic mass is 32.2. The minimum absolute atomic E-state index is 0.111. The van der Waals surface area contributed by atoms with Crippen molar-refractivity contribution in [1.82, 2.24) is 4.90 Å². The summed E-state index contributed by atoms with van der Waals surface area (Å²) in [6, 6.07) is 13.4. The third-order valence-electron chi connectivity index (χ3n) is 5.92. The van der Waals surface area contributed by atoms with Crippen LogP contribution in [0, 0.1) is 0 Å². The van der Waals surface area contributed by atoms with Gasteiger partial charge in [0.05, 0.1) is 29.7 Å². The number of amides is 2. The van der Waals surface area contributed by atoms with E-state index in [-0.39, 0.29) is 17.8 Å². The minimum atomic E-state index is -0.416. The first kappa shape index (κ1) is 30.0.